The van der Waals surface area contributed by atoms with Gasteiger partial charge in [0, 0.05) is 34.9 Å². The molecule has 75 heavy (non-hydrogen) atoms. The molecule has 0 saturated carbocycles. The molecule has 0 amide bonds. The number of ether oxygens (including phenoxy) is 3. The van der Waals surface area contributed by atoms with Gasteiger partial charge in [-0.25, -0.2) is 42.5 Å². The van der Waals surface area contributed by atoms with Gasteiger partial charge in [-0.2, -0.15) is 0 Å². The molecular formula is C60H81N3O12. The lowest BCUT2D eigenvalue weighted by Crippen LogP contribution is -2.55. The van der Waals surface area contributed by atoms with E-state index in [1.807, 2.05) is 143 Å². The lowest BCUT2D eigenvalue weighted by atomic mass is 9.77. The van der Waals surface area contributed by atoms with Gasteiger partial charge in [0.05, 0.1) is 19.6 Å². The van der Waals surface area contributed by atoms with Crippen molar-refractivity contribution in [2.75, 3.05) is 19.8 Å². The minimum Gasteiger partial charge on any atom is -0.507 e. The number of esters is 3. The van der Waals surface area contributed by atoms with Gasteiger partial charge in [-0.1, -0.05) is 161 Å². The molecule has 1 heterocycles. The van der Waals surface area contributed by atoms with Crippen LogP contribution >= 0.6 is 0 Å². The Hall–Kier alpha value is -6.90. The normalized spacial score (nSPS) is 13.0. The number of hydrogen-bond acceptors (Lipinski definition) is 12. The van der Waals surface area contributed by atoms with Crippen LogP contribution in [0.2, 0.25) is 0 Å². The van der Waals surface area contributed by atoms with E-state index in [0.29, 0.717) is 47.1 Å². The van der Waals surface area contributed by atoms with E-state index in [1.165, 1.54) is 36.5 Å². The molecule has 0 bridgehead atoms. The maximum Gasteiger partial charge on any atom is 0.336 e. The van der Waals surface area contributed by atoms with E-state index < -0.39 is 90.7 Å². The first-order valence-electron chi connectivity index (χ1n) is 25.4. The van der Waals surface area contributed by atoms with Crippen molar-refractivity contribution in [1.29, 1.82) is 0 Å². The molecule has 408 valence electrons. The van der Waals surface area contributed by atoms with E-state index in [-0.39, 0.29) is 33.5 Å². The monoisotopic (exact) mass is 1040 g/mol. The van der Waals surface area contributed by atoms with Crippen molar-refractivity contribution in [3.8, 4) is 17.2 Å². The maximum absolute atomic E-state index is 13.9. The standard InChI is InChI=1S/C60H81N3O12/c1-55(2,3)40-25-19-37(46(49(40)67)58(10,11)12)22-28-43(64)73-34-31-61-52(70)62(32-35-74-44(65)29-23-38-20-26-41(56(4,5)6)50(68)47(38)59(13,14)15)54(72)63(53(61)71)33-36-75-45(66)30-24-39-21-27-42(57(7,8)9)51(69)48(39)60(16,17)18/h19-30,67-69H,31-36H2,1-18H3/b28-22+,29-23+,30-24+. The molecule has 0 atom stereocenters. The van der Waals surface area contributed by atoms with Crippen LogP contribution in [0, 0.1) is 0 Å². The van der Waals surface area contributed by atoms with Crippen LogP contribution < -0.4 is 17.1 Å². The van der Waals surface area contributed by atoms with Crippen molar-refractivity contribution >= 4 is 36.1 Å². The SMILES string of the molecule is CC(C)(C)c1ccc(/C=C/C(=O)OCCn2c(=O)n(CCOC(=O)/C=C/c3ccc(C(C)(C)C)c(O)c3C(C)(C)C)c(=O)n(CCOC(=O)/C=C/c3ccc(C(C)(C)C)c(O)c3C(C)(C)C)c2=O)c(C(C)(C)C)c1O. The molecule has 1 aromatic heterocycles. The molecule has 3 N–H and O–H groups in total. The third-order valence-electron chi connectivity index (χ3n) is 12.6. The third-order valence-corrected chi connectivity index (χ3v) is 12.6. The van der Waals surface area contributed by atoms with Crippen LogP contribution in [0.1, 0.15) is 175 Å². The number of carbonyl (C=O) groups is 3. The van der Waals surface area contributed by atoms with Crippen molar-refractivity contribution < 1.29 is 43.9 Å². The van der Waals surface area contributed by atoms with Gasteiger partial charge in [-0.05, 0) is 84.1 Å². The average molecular weight is 1040 g/mol. The highest BCUT2D eigenvalue weighted by Gasteiger charge is 2.31. The van der Waals surface area contributed by atoms with Gasteiger partial charge in [-0.3, -0.25) is 0 Å². The Morgan fingerprint density at radius 1 is 0.387 bits per heavy atom. The summed E-state index contributed by atoms with van der Waals surface area (Å²) < 4.78 is 18.4. The molecule has 0 fully saturated rings. The summed E-state index contributed by atoms with van der Waals surface area (Å²) in [5.74, 6) is -2.03. The summed E-state index contributed by atoms with van der Waals surface area (Å²) in [6.07, 6.45) is 8.09. The topological polar surface area (TPSA) is 206 Å². The van der Waals surface area contributed by atoms with Crippen molar-refractivity contribution in [2.24, 2.45) is 0 Å². The number of rotatable bonds is 15. The molecule has 0 saturated heterocycles. The van der Waals surface area contributed by atoms with Gasteiger partial charge in [0.1, 0.15) is 37.1 Å². The number of hydrogen-bond donors (Lipinski definition) is 3. The summed E-state index contributed by atoms with van der Waals surface area (Å²) in [6, 6.07) is 10.9. The molecular weight excluding hydrogens is 955 g/mol. The molecule has 0 aliphatic carbocycles. The minimum absolute atomic E-state index is 0.129. The largest absolute Gasteiger partial charge is 0.507 e. The summed E-state index contributed by atoms with van der Waals surface area (Å²) in [4.78, 5) is 81.0. The number of nitrogens with zero attached hydrogens (tertiary/aromatic N) is 3. The Morgan fingerprint density at radius 3 is 0.787 bits per heavy atom. The summed E-state index contributed by atoms with van der Waals surface area (Å²) >= 11 is 0. The lowest BCUT2D eigenvalue weighted by molar-refractivity contribution is -0.138. The molecule has 0 radical (unpaired) electrons. The van der Waals surface area contributed by atoms with Crippen LogP contribution in [-0.2, 0) is 80.7 Å². The minimum atomic E-state index is -1.07. The maximum atomic E-state index is 13.9. The van der Waals surface area contributed by atoms with E-state index >= 15 is 0 Å². The zero-order chi connectivity index (χ0) is 57.0. The highest BCUT2D eigenvalue weighted by Crippen LogP contribution is 2.44. The van der Waals surface area contributed by atoms with Gasteiger partial charge >= 0.3 is 35.0 Å². The van der Waals surface area contributed by atoms with E-state index in [0.717, 1.165) is 16.7 Å². The van der Waals surface area contributed by atoms with Crippen LogP contribution in [0.15, 0.2) is 69.0 Å². The van der Waals surface area contributed by atoms with Gasteiger partial charge < -0.3 is 29.5 Å². The Labute approximate surface area is 442 Å². The van der Waals surface area contributed by atoms with Crippen LogP contribution in [0.5, 0.6) is 17.2 Å². The first kappa shape index (κ1) is 60.7. The second-order valence-electron chi connectivity index (χ2n) is 25.1. The number of carbonyl (C=O) groups excluding carboxylic acids is 3. The fraction of sp³-hybridized carbons (Fsp3) is 0.500. The first-order chi connectivity index (χ1) is 34.3. The summed E-state index contributed by atoms with van der Waals surface area (Å²) in [5.41, 5.74) is 0.205. The highest BCUT2D eigenvalue weighted by molar-refractivity contribution is 5.89. The van der Waals surface area contributed by atoms with Gasteiger partial charge in [0.25, 0.3) is 0 Å². The Kier molecular flexibility index (Phi) is 18.5. The smallest absolute Gasteiger partial charge is 0.336 e. The number of phenols is 3. The van der Waals surface area contributed by atoms with E-state index in [2.05, 4.69) is 0 Å². The molecule has 0 aliphatic rings. The van der Waals surface area contributed by atoms with Crippen molar-refractivity contribution in [3.05, 3.63) is 136 Å². The fourth-order valence-corrected chi connectivity index (χ4v) is 9.00. The quantitative estimate of drug-likeness (QED) is 0.0578. The molecule has 3 aromatic carbocycles. The predicted octanol–water partition coefficient (Wildman–Crippen LogP) is 9.84. The summed E-state index contributed by atoms with van der Waals surface area (Å²) in [5, 5.41) is 34.0. The number of phenolic OH excluding ortho intramolecular Hbond substituents is 3. The highest BCUT2D eigenvalue weighted by atomic mass is 16.5. The summed E-state index contributed by atoms with van der Waals surface area (Å²) in [6.45, 7) is 32.6. The molecule has 0 aliphatic heterocycles. The van der Waals surface area contributed by atoms with E-state index in [1.54, 1.807) is 18.2 Å². The lowest BCUT2D eigenvalue weighted by Gasteiger charge is -2.28. The van der Waals surface area contributed by atoms with Gasteiger partial charge in [0.2, 0.25) is 0 Å². The van der Waals surface area contributed by atoms with Crippen LogP contribution in [0.3, 0.4) is 0 Å². The van der Waals surface area contributed by atoms with Crippen molar-refractivity contribution in [1.82, 2.24) is 13.7 Å². The molecule has 0 unspecified atom stereocenters. The fourth-order valence-electron chi connectivity index (χ4n) is 9.00. The zero-order valence-electron chi connectivity index (χ0n) is 47.5. The van der Waals surface area contributed by atoms with Crippen LogP contribution in [0.4, 0.5) is 0 Å². The van der Waals surface area contributed by atoms with Crippen LogP contribution in [0.25, 0.3) is 18.2 Å². The Morgan fingerprint density at radius 2 is 0.600 bits per heavy atom. The van der Waals surface area contributed by atoms with Gasteiger partial charge in [-0.15, -0.1) is 0 Å². The molecule has 15 nitrogen and oxygen atoms in total. The number of aromatic nitrogens is 3. The van der Waals surface area contributed by atoms with Gasteiger partial charge in [0.15, 0.2) is 0 Å². The Balaban J connectivity index is 1.62. The van der Waals surface area contributed by atoms with Crippen LogP contribution in [-0.4, -0.2) is 66.7 Å². The number of aromatic hydroxyl groups is 3. The second-order valence-corrected chi connectivity index (χ2v) is 25.1. The molecule has 4 aromatic rings. The zero-order valence-corrected chi connectivity index (χ0v) is 47.5. The average Bonchev–Trinajstić information content (AvgIpc) is 3.24. The number of benzene rings is 3. The molecule has 0 spiro atoms. The Bertz CT molecular complexity index is 2710. The first-order valence-corrected chi connectivity index (χ1v) is 25.4. The second kappa shape index (κ2) is 22.9. The van der Waals surface area contributed by atoms with Crippen molar-refractivity contribution in [2.45, 2.75) is 177 Å². The summed E-state index contributed by atoms with van der Waals surface area (Å²) in [7, 11) is 0. The third kappa shape index (κ3) is 15.1. The van der Waals surface area contributed by atoms with E-state index in [4.69, 9.17) is 14.2 Å². The predicted molar refractivity (Wildman–Crippen MR) is 296 cm³/mol. The van der Waals surface area contributed by atoms with E-state index in [9.17, 15) is 44.1 Å². The molecule has 4 rings (SSSR count). The molecule has 15 heteroatoms. The van der Waals surface area contributed by atoms with Crippen molar-refractivity contribution in [3.63, 3.8) is 0 Å².